The van der Waals surface area contributed by atoms with Crippen molar-refractivity contribution in [2.45, 2.75) is 19.0 Å². The molecule has 0 amide bonds. The molecule has 0 fully saturated rings. The van der Waals surface area contributed by atoms with Gasteiger partial charge in [-0.1, -0.05) is 0 Å². The van der Waals surface area contributed by atoms with Crippen LogP contribution in [-0.4, -0.2) is 28.9 Å². The van der Waals surface area contributed by atoms with Gasteiger partial charge in [0.1, 0.15) is 5.97 Å². The van der Waals surface area contributed by atoms with Crippen LogP contribution >= 0.6 is 0 Å². The van der Waals surface area contributed by atoms with E-state index in [1.165, 1.54) is 0 Å². The van der Waals surface area contributed by atoms with E-state index in [9.17, 15) is 18.0 Å². The van der Waals surface area contributed by atoms with Gasteiger partial charge >= 0.3 is 11.7 Å². The van der Waals surface area contributed by atoms with Gasteiger partial charge in [0, 0.05) is 12.0 Å². The summed E-state index contributed by atoms with van der Waals surface area (Å²) in [7, 11) is 0. The van der Waals surface area contributed by atoms with E-state index in [4.69, 9.17) is 9.90 Å². The van der Waals surface area contributed by atoms with Crippen molar-refractivity contribution in [2.75, 3.05) is 6.54 Å². The molecule has 0 radical (unpaired) electrons. The number of aliphatic carboxylic acids is 1. The lowest BCUT2D eigenvalue weighted by molar-refractivity contribution is -0.577. The number of nitrogens with one attached hydrogen (secondary N) is 1. The van der Waals surface area contributed by atoms with Crippen molar-refractivity contribution >= 4 is 11.7 Å². The molecular formula is C9H10F3N3O3. The van der Waals surface area contributed by atoms with Crippen molar-refractivity contribution in [2.24, 2.45) is 0 Å². The van der Waals surface area contributed by atoms with Gasteiger partial charge in [0.15, 0.2) is 0 Å². The summed E-state index contributed by atoms with van der Waals surface area (Å²) < 4.78 is 31.5. The Kier molecular flexibility index (Phi) is 4.43. The van der Waals surface area contributed by atoms with Crippen LogP contribution in [0.5, 0.6) is 0 Å². The highest BCUT2D eigenvalue weighted by Gasteiger charge is 2.28. The van der Waals surface area contributed by atoms with Crippen molar-refractivity contribution < 1.29 is 28.4 Å². The van der Waals surface area contributed by atoms with Crippen LogP contribution < -0.4 is 16.0 Å². The van der Waals surface area contributed by atoms with Gasteiger partial charge in [0.05, 0.1) is 12.7 Å². The Hall–Kier alpha value is -1.90. The van der Waals surface area contributed by atoms with Crippen molar-refractivity contribution in [3.05, 3.63) is 22.1 Å². The number of hydrogen-bond donors (Lipinski definition) is 2. The average Bonchev–Trinajstić information content (AvgIpc) is 2.29. The number of nitrogens with two attached hydrogens (primary N) is 1. The minimum Gasteiger partial charge on any atom is -0.542 e. The number of quaternary nitrogens is 1. The predicted octanol–water partition coefficient (Wildman–Crippen LogP) is -1.79. The zero-order valence-electron chi connectivity index (χ0n) is 9.08. The first-order chi connectivity index (χ1) is 8.32. The van der Waals surface area contributed by atoms with E-state index >= 15 is 0 Å². The molecule has 0 atom stereocenters. The second kappa shape index (κ2) is 5.63. The minimum absolute atomic E-state index is 0.0535. The molecule has 2 heterocycles. The molecule has 9 heteroatoms. The number of aromatic amines is 1. The van der Waals surface area contributed by atoms with Crippen LogP contribution in [0.25, 0.3) is 0 Å². The van der Waals surface area contributed by atoms with Crippen molar-refractivity contribution in [1.82, 2.24) is 10.2 Å². The Morgan fingerprint density at radius 2 is 2.11 bits per heavy atom. The number of carbonyl (C=O) groups excluding carboxylic acids is 1. The molecule has 1 aromatic rings. The predicted molar refractivity (Wildman–Crippen MR) is 50.7 cm³/mol. The fraction of sp³-hybridized carbons (Fsp3) is 0.444. The van der Waals surface area contributed by atoms with E-state index in [2.05, 4.69) is 10.2 Å². The number of halogens is 3. The summed E-state index contributed by atoms with van der Waals surface area (Å²) >= 11 is 0. The summed E-state index contributed by atoms with van der Waals surface area (Å²) in [5.74, 6) is -3.01. The minimum atomic E-state index is -5.19. The van der Waals surface area contributed by atoms with Gasteiger partial charge in [-0.05, 0) is 6.42 Å². The first kappa shape index (κ1) is 14.2. The van der Waals surface area contributed by atoms with Gasteiger partial charge in [-0.15, -0.1) is 0 Å². The molecule has 100 valence electrons. The molecule has 0 unspecified atom stereocenters. The lowest BCUT2D eigenvalue weighted by Crippen LogP contribution is -2.81. The molecule has 0 spiro atoms. The summed E-state index contributed by atoms with van der Waals surface area (Å²) in [6, 6.07) is 0. The monoisotopic (exact) mass is 265 g/mol. The highest BCUT2D eigenvalue weighted by molar-refractivity contribution is 5.70. The number of carboxylic acid groups (broad SMARTS) is 1. The third-order valence-electron chi connectivity index (χ3n) is 2.21. The maximum atomic E-state index is 11.1. The number of hydrogen-bond acceptors (Lipinski definition) is 4. The maximum absolute atomic E-state index is 11.1. The van der Waals surface area contributed by atoms with E-state index in [1.807, 2.05) is 5.32 Å². The first-order valence-corrected chi connectivity index (χ1v) is 5.00. The molecule has 1 aliphatic heterocycles. The number of aromatic nitrogens is 2. The molecule has 1 aliphatic rings. The topological polar surface area (TPSA) is 102 Å². The Labute approximate surface area is 98.8 Å². The van der Waals surface area contributed by atoms with E-state index in [1.54, 1.807) is 6.20 Å². The molecule has 6 nitrogen and oxygen atoms in total. The van der Waals surface area contributed by atoms with Crippen molar-refractivity contribution in [1.29, 1.82) is 0 Å². The number of H-pyrrole nitrogens is 1. The molecule has 2 rings (SSSR count). The standard InChI is InChI=1S/C7H9N3O.C2HF3O2/c11-7-6-5(4-9-10-7)2-1-3-8-6;3-2(4,5)1(6)7/h4,8H,1-3H2,(H,10,11);(H,6,7). The third-order valence-corrected chi connectivity index (χ3v) is 2.21. The van der Waals surface area contributed by atoms with Crippen LogP contribution in [-0.2, 0) is 11.2 Å². The van der Waals surface area contributed by atoms with E-state index in [-0.39, 0.29) is 5.56 Å². The highest BCUT2D eigenvalue weighted by Crippen LogP contribution is 2.11. The Bertz CT molecular complexity index is 484. The summed E-state index contributed by atoms with van der Waals surface area (Å²) in [6.45, 7) is 1.01. The van der Waals surface area contributed by atoms with Crippen molar-refractivity contribution in [3.8, 4) is 0 Å². The second-order valence-electron chi connectivity index (χ2n) is 3.52. The normalized spacial score (nSPS) is 14.2. The number of carboxylic acids is 1. The molecule has 0 saturated carbocycles. The molecule has 0 aromatic carbocycles. The van der Waals surface area contributed by atoms with Crippen molar-refractivity contribution in [3.63, 3.8) is 0 Å². The lowest BCUT2D eigenvalue weighted by Gasteiger charge is -2.09. The fourth-order valence-corrected chi connectivity index (χ4v) is 1.41. The molecular weight excluding hydrogens is 255 g/mol. The van der Waals surface area contributed by atoms with Crippen LogP contribution in [0.1, 0.15) is 12.0 Å². The third kappa shape index (κ3) is 3.84. The zero-order valence-corrected chi connectivity index (χ0v) is 9.08. The summed E-state index contributed by atoms with van der Waals surface area (Å²) in [4.78, 5) is 19.9. The number of rotatable bonds is 0. The summed E-state index contributed by atoms with van der Waals surface area (Å²) in [5.41, 5.74) is 1.86. The molecule has 18 heavy (non-hydrogen) atoms. The fourth-order valence-electron chi connectivity index (χ4n) is 1.41. The van der Waals surface area contributed by atoms with Gasteiger partial charge in [0.25, 0.3) is 0 Å². The summed E-state index contributed by atoms with van der Waals surface area (Å²) in [5, 5.41) is 16.9. The van der Waals surface area contributed by atoms with Gasteiger partial charge in [-0.25, -0.2) is 5.10 Å². The quantitative estimate of drug-likeness (QED) is 0.578. The number of nitrogens with zero attached hydrogens (tertiary/aromatic N) is 1. The van der Waals surface area contributed by atoms with Gasteiger partial charge in [0.2, 0.25) is 5.69 Å². The van der Waals surface area contributed by atoms with Gasteiger partial charge in [-0.3, -0.25) is 4.79 Å². The van der Waals surface area contributed by atoms with Crippen LogP contribution in [0.2, 0.25) is 0 Å². The maximum Gasteiger partial charge on any atom is 0.430 e. The zero-order chi connectivity index (χ0) is 13.8. The first-order valence-electron chi connectivity index (χ1n) is 5.00. The molecule has 0 aliphatic carbocycles. The highest BCUT2D eigenvalue weighted by atomic mass is 19.4. The SMILES string of the molecule is O=C([O-])C(F)(F)F.O=c1[nH]ncc2c1[NH2+]CCC2. The molecule has 0 bridgehead atoms. The largest absolute Gasteiger partial charge is 0.542 e. The Balaban J connectivity index is 0.000000203. The number of alkyl halides is 3. The number of fused-ring (bicyclic) bond motifs is 1. The van der Waals surface area contributed by atoms with Crippen LogP contribution in [0.3, 0.4) is 0 Å². The lowest BCUT2D eigenvalue weighted by atomic mass is 10.1. The molecule has 1 aromatic heterocycles. The Morgan fingerprint density at radius 3 is 2.61 bits per heavy atom. The second-order valence-corrected chi connectivity index (χ2v) is 3.52. The van der Waals surface area contributed by atoms with Gasteiger partial charge in [-0.2, -0.15) is 18.3 Å². The van der Waals surface area contributed by atoms with E-state index < -0.39 is 12.1 Å². The van der Waals surface area contributed by atoms with Crippen LogP contribution in [0.4, 0.5) is 18.9 Å². The van der Waals surface area contributed by atoms with Crippen LogP contribution in [0, 0.1) is 0 Å². The number of carbonyl (C=O) groups is 1. The Morgan fingerprint density at radius 1 is 1.50 bits per heavy atom. The molecule has 0 saturated heterocycles. The van der Waals surface area contributed by atoms with E-state index in [0.717, 1.165) is 30.6 Å². The molecule has 3 N–H and O–H groups in total. The average molecular weight is 265 g/mol. The number of aryl methyl sites for hydroxylation is 1. The van der Waals surface area contributed by atoms with E-state index in [0.29, 0.717) is 0 Å². The van der Waals surface area contributed by atoms with Crippen LogP contribution in [0.15, 0.2) is 11.0 Å². The smallest absolute Gasteiger partial charge is 0.430 e. The summed E-state index contributed by atoms with van der Waals surface area (Å²) in [6.07, 6.45) is -1.33. The van der Waals surface area contributed by atoms with Gasteiger partial charge < -0.3 is 15.2 Å².